The lowest BCUT2D eigenvalue weighted by molar-refractivity contribution is 0.444. The standard InChI is InChI=1S/C11H18N2O2.ClH/c12-6-2-1-3-10(13)9-7-8(14)4-5-11(9)15;/h4-5,7,10,14-15H,1-3,6,12-13H2;1H/t10-;/m1./s1. The third-order valence-electron chi connectivity index (χ3n) is 2.38. The highest BCUT2D eigenvalue weighted by Gasteiger charge is 2.11. The molecular formula is C11H19ClN2O2. The van der Waals surface area contributed by atoms with E-state index in [0.717, 1.165) is 19.3 Å². The van der Waals surface area contributed by atoms with Crippen LogP contribution in [0.15, 0.2) is 18.2 Å². The lowest BCUT2D eigenvalue weighted by Crippen LogP contribution is -2.11. The van der Waals surface area contributed by atoms with Gasteiger partial charge in [-0.25, -0.2) is 0 Å². The van der Waals surface area contributed by atoms with E-state index in [1.807, 2.05) is 0 Å². The molecule has 0 bridgehead atoms. The maximum Gasteiger partial charge on any atom is 0.120 e. The third kappa shape index (κ3) is 4.26. The molecule has 1 aromatic rings. The van der Waals surface area contributed by atoms with Crippen LogP contribution in [0.2, 0.25) is 0 Å². The first-order valence-corrected chi connectivity index (χ1v) is 5.12. The minimum absolute atomic E-state index is 0. The number of phenolic OH excluding ortho intramolecular Hbond substituents is 2. The molecule has 1 aromatic carbocycles. The van der Waals surface area contributed by atoms with Crippen LogP contribution in [-0.2, 0) is 0 Å². The Hall–Kier alpha value is -0.970. The van der Waals surface area contributed by atoms with Gasteiger partial charge in [-0.3, -0.25) is 0 Å². The van der Waals surface area contributed by atoms with E-state index in [2.05, 4.69) is 0 Å². The van der Waals surface area contributed by atoms with E-state index in [9.17, 15) is 10.2 Å². The average molecular weight is 247 g/mol. The Balaban J connectivity index is 0.00000225. The topological polar surface area (TPSA) is 92.5 Å². The second-order valence-corrected chi connectivity index (χ2v) is 3.63. The molecule has 0 heterocycles. The van der Waals surface area contributed by atoms with Crippen LogP contribution in [-0.4, -0.2) is 16.8 Å². The number of benzene rings is 1. The van der Waals surface area contributed by atoms with Gasteiger partial charge < -0.3 is 21.7 Å². The molecule has 0 spiro atoms. The van der Waals surface area contributed by atoms with Crippen molar-refractivity contribution in [1.29, 1.82) is 0 Å². The second kappa shape index (κ2) is 7.33. The predicted molar refractivity (Wildman–Crippen MR) is 66.9 cm³/mol. The number of unbranched alkanes of at least 4 members (excludes halogenated alkanes) is 1. The molecule has 16 heavy (non-hydrogen) atoms. The first-order valence-electron chi connectivity index (χ1n) is 5.12. The van der Waals surface area contributed by atoms with E-state index in [1.165, 1.54) is 18.2 Å². The van der Waals surface area contributed by atoms with Gasteiger partial charge >= 0.3 is 0 Å². The summed E-state index contributed by atoms with van der Waals surface area (Å²) in [5.41, 5.74) is 11.9. The highest BCUT2D eigenvalue weighted by Crippen LogP contribution is 2.29. The number of nitrogens with two attached hydrogens (primary N) is 2. The normalized spacial score (nSPS) is 11.9. The molecule has 0 aliphatic heterocycles. The number of rotatable bonds is 5. The summed E-state index contributed by atoms with van der Waals surface area (Å²) < 4.78 is 0. The maximum absolute atomic E-state index is 9.55. The van der Waals surface area contributed by atoms with E-state index >= 15 is 0 Å². The number of hydrogen-bond donors (Lipinski definition) is 4. The SMILES string of the molecule is Cl.NCCCC[C@@H](N)c1cc(O)ccc1O. The Morgan fingerprint density at radius 2 is 1.88 bits per heavy atom. The monoisotopic (exact) mass is 246 g/mol. The molecule has 0 aliphatic carbocycles. The van der Waals surface area contributed by atoms with Crippen LogP contribution >= 0.6 is 12.4 Å². The Kier molecular flexibility index (Phi) is 6.88. The molecule has 5 heteroatoms. The van der Waals surface area contributed by atoms with Crippen molar-refractivity contribution >= 4 is 12.4 Å². The van der Waals surface area contributed by atoms with E-state index in [-0.39, 0.29) is 29.9 Å². The molecule has 1 atom stereocenters. The fourth-order valence-corrected chi connectivity index (χ4v) is 1.50. The van der Waals surface area contributed by atoms with Crippen molar-refractivity contribution in [2.75, 3.05) is 6.54 Å². The molecule has 4 nitrogen and oxygen atoms in total. The number of phenols is 2. The molecule has 1 rings (SSSR count). The Bertz CT molecular complexity index is 321. The summed E-state index contributed by atoms with van der Waals surface area (Å²) in [7, 11) is 0. The van der Waals surface area contributed by atoms with Gasteiger partial charge in [-0.2, -0.15) is 0 Å². The van der Waals surface area contributed by atoms with Gasteiger partial charge in [0.15, 0.2) is 0 Å². The molecule has 0 saturated carbocycles. The average Bonchev–Trinajstić information content (AvgIpc) is 2.22. The van der Waals surface area contributed by atoms with Crippen LogP contribution in [0, 0.1) is 0 Å². The van der Waals surface area contributed by atoms with Gasteiger partial charge in [-0.1, -0.05) is 6.42 Å². The van der Waals surface area contributed by atoms with Crippen LogP contribution in [0.4, 0.5) is 0 Å². The molecule has 0 radical (unpaired) electrons. The molecule has 92 valence electrons. The van der Waals surface area contributed by atoms with E-state index in [4.69, 9.17) is 11.5 Å². The Morgan fingerprint density at radius 1 is 1.19 bits per heavy atom. The Morgan fingerprint density at radius 3 is 2.50 bits per heavy atom. The van der Waals surface area contributed by atoms with Gasteiger partial charge in [0.25, 0.3) is 0 Å². The van der Waals surface area contributed by atoms with E-state index in [1.54, 1.807) is 0 Å². The van der Waals surface area contributed by atoms with Gasteiger partial charge in [0.05, 0.1) is 0 Å². The van der Waals surface area contributed by atoms with E-state index in [0.29, 0.717) is 12.1 Å². The summed E-state index contributed by atoms with van der Waals surface area (Å²) in [4.78, 5) is 0. The summed E-state index contributed by atoms with van der Waals surface area (Å²) >= 11 is 0. The van der Waals surface area contributed by atoms with Crippen molar-refractivity contribution in [2.45, 2.75) is 25.3 Å². The van der Waals surface area contributed by atoms with Gasteiger partial charge in [0, 0.05) is 11.6 Å². The lowest BCUT2D eigenvalue weighted by Gasteiger charge is -2.13. The largest absolute Gasteiger partial charge is 0.508 e. The van der Waals surface area contributed by atoms with Crippen LogP contribution in [0.5, 0.6) is 11.5 Å². The first-order chi connectivity index (χ1) is 7.15. The highest BCUT2D eigenvalue weighted by molar-refractivity contribution is 5.85. The van der Waals surface area contributed by atoms with E-state index < -0.39 is 0 Å². The first kappa shape index (κ1) is 15.0. The van der Waals surface area contributed by atoms with Crippen molar-refractivity contribution in [2.24, 2.45) is 11.5 Å². The smallest absolute Gasteiger partial charge is 0.120 e. The molecule has 0 fully saturated rings. The van der Waals surface area contributed by atoms with Crippen molar-refractivity contribution in [3.8, 4) is 11.5 Å². The second-order valence-electron chi connectivity index (χ2n) is 3.63. The van der Waals surface area contributed by atoms with Crippen molar-refractivity contribution in [3.05, 3.63) is 23.8 Å². The minimum Gasteiger partial charge on any atom is -0.508 e. The minimum atomic E-state index is -0.247. The van der Waals surface area contributed by atoms with Crippen molar-refractivity contribution < 1.29 is 10.2 Å². The van der Waals surface area contributed by atoms with Gasteiger partial charge in [0.1, 0.15) is 11.5 Å². The summed E-state index contributed by atoms with van der Waals surface area (Å²) in [5.74, 6) is 0.255. The third-order valence-corrected chi connectivity index (χ3v) is 2.38. The molecule has 6 N–H and O–H groups in total. The molecule has 0 aromatic heterocycles. The molecule has 0 amide bonds. The Labute approximate surface area is 102 Å². The number of hydrogen-bond acceptors (Lipinski definition) is 4. The maximum atomic E-state index is 9.55. The summed E-state index contributed by atoms with van der Waals surface area (Å²) in [5, 5.41) is 18.8. The number of halogens is 1. The van der Waals surface area contributed by atoms with Crippen LogP contribution in [0.3, 0.4) is 0 Å². The molecule has 0 saturated heterocycles. The van der Waals surface area contributed by atoms with Crippen LogP contribution in [0.1, 0.15) is 30.9 Å². The lowest BCUT2D eigenvalue weighted by atomic mass is 10.0. The fourth-order valence-electron chi connectivity index (χ4n) is 1.50. The summed E-state index contributed by atoms with van der Waals surface area (Å²) in [6, 6.07) is 4.14. The van der Waals surface area contributed by atoms with Crippen LogP contribution in [0.25, 0.3) is 0 Å². The van der Waals surface area contributed by atoms with Crippen molar-refractivity contribution in [1.82, 2.24) is 0 Å². The van der Waals surface area contributed by atoms with Gasteiger partial charge in [-0.15, -0.1) is 12.4 Å². The summed E-state index contributed by atoms with van der Waals surface area (Å²) in [6.45, 7) is 0.652. The van der Waals surface area contributed by atoms with Gasteiger partial charge in [-0.05, 0) is 37.6 Å². The van der Waals surface area contributed by atoms with Gasteiger partial charge in [0.2, 0.25) is 0 Å². The fraction of sp³-hybridized carbons (Fsp3) is 0.455. The highest BCUT2D eigenvalue weighted by atomic mass is 35.5. The quantitative estimate of drug-likeness (QED) is 0.470. The predicted octanol–water partition coefficient (Wildman–Crippen LogP) is 1.65. The number of aromatic hydroxyl groups is 2. The molecule has 0 aliphatic rings. The zero-order chi connectivity index (χ0) is 11.3. The molecule has 0 unspecified atom stereocenters. The zero-order valence-electron chi connectivity index (χ0n) is 9.10. The van der Waals surface area contributed by atoms with Crippen LogP contribution < -0.4 is 11.5 Å². The zero-order valence-corrected chi connectivity index (χ0v) is 9.91. The molecular weight excluding hydrogens is 228 g/mol. The summed E-state index contributed by atoms with van der Waals surface area (Å²) in [6.07, 6.45) is 2.61. The van der Waals surface area contributed by atoms with Crippen molar-refractivity contribution in [3.63, 3.8) is 0 Å².